The number of para-hydroxylation sites is 1. The number of carbonyl (C=O) groups excluding carboxylic acids is 2. The van der Waals surface area contributed by atoms with Gasteiger partial charge < -0.3 is 14.2 Å². The summed E-state index contributed by atoms with van der Waals surface area (Å²) in [5.41, 5.74) is 1.77. The number of amides is 2. The number of nitro groups is 1. The predicted molar refractivity (Wildman–Crippen MR) is 151 cm³/mol. The number of thiol groups is 1. The number of ether oxygens (including phenoxy) is 3. The maximum atomic E-state index is 13.3. The fourth-order valence-corrected chi connectivity index (χ4v) is 4.52. The number of nitro benzene ring substituents is 1. The van der Waals surface area contributed by atoms with Crippen LogP contribution in [0.3, 0.4) is 0 Å². The van der Waals surface area contributed by atoms with E-state index in [0.717, 1.165) is 10.6 Å². The molecule has 3 aromatic carbocycles. The summed E-state index contributed by atoms with van der Waals surface area (Å²) in [6, 6.07) is 21.6. The lowest BCUT2D eigenvalue weighted by molar-refractivity contribution is -0.746. The van der Waals surface area contributed by atoms with Crippen LogP contribution < -0.4 is 9.75 Å². The van der Waals surface area contributed by atoms with Crippen molar-refractivity contribution < 1.29 is 33.2 Å². The summed E-state index contributed by atoms with van der Waals surface area (Å²) >= 11 is 4.55. The Kier molecular flexibility index (Phi) is 9.35. The van der Waals surface area contributed by atoms with Crippen LogP contribution in [0.25, 0.3) is 0 Å². The van der Waals surface area contributed by atoms with E-state index in [1.54, 1.807) is 55.6 Å². The Morgan fingerprint density at radius 1 is 1.02 bits per heavy atom. The van der Waals surface area contributed by atoms with Gasteiger partial charge in [-0.3, -0.25) is 10.1 Å². The molecule has 0 bridgehead atoms. The van der Waals surface area contributed by atoms with E-state index in [2.05, 4.69) is 17.7 Å². The maximum absolute atomic E-state index is 13.3. The van der Waals surface area contributed by atoms with Gasteiger partial charge in [-0.15, -0.1) is 5.10 Å². The van der Waals surface area contributed by atoms with E-state index in [1.165, 1.54) is 30.6 Å². The van der Waals surface area contributed by atoms with Gasteiger partial charge in [-0.25, -0.2) is 4.79 Å². The van der Waals surface area contributed by atoms with E-state index in [9.17, 15) is 19.7 Å². The summed E-state index contributed by atoms with van der Waals surface area (Å²) in [4.78, 5) is 36.9. The highest BCUT2D eigenvalue weighted by atomic mass is 32.1. The van der Waals surface area contributed by atoms with E-state index in [1.807, 2.05) is 6.07 Å². The average Bonchev–Trinajstić information content (AvgIpc) is 3.37. The zero-order valence-corrected chi connectivity index (χ0v) is 22.7. The van der Waals surface area contributed by atoms with Crippen molar-refractivity contribution >= 4 is 42.5 Å². The number of methoxy groups -OCH3 is 1. The Labute approximate surface area is 236 Å². The third-order valence-corrected chi connectivity index (χ3v) is 6.78. The second kappa shape index (κ2) is 13.1. The molecular formula is C28H29N4O7S+. The number of hydrazone groups is 1. The first-order valence-electron chi connectivity index (χ1n) is 12.4. The lowest BCUT2D eigenvalue weighted by Gasteiger charge is -2.25. The maximum Gasteiger partial charge on any atom is 0.522 e. The molecule has 1 unspecified atom stereocenters. The van der Waals surface area contributed by atoms with E-state index >= 15 is 0 Å². The molecule has 0 radical (unpaired) electrons. The minimum Gasteiger partial charge on any atom is -0.497 e. The van der Waals surface area contributed by atoms with Gasteiger partial charge in [-0.1, -0.05) is 30.3 Å². The Morgan fingerprint density at radius 3 is 2.23 bits per heavy atom. The standard InChI is InChI=1S/C28H28N4O7S/c1-37-25-13-9-22(10-14-25)18-38-27(33)30(23-5-3-2-4-6-23)29-20-32(16-15-26(40)17-32)28(34)39-19-21-7-11-24(12-8-21)31(35)36/h2-14,20,26H,15-19H2,1H3/p+1/t26-,32?/m0/s1. The third kappa shape index (κ3) is 7.16. The zero-order chi connectivity index (χ0) is 28.5. The van der Waals surface area contributed by atoms with Crippen LogP contribution in [-0.4, -0.2) is 53.4 Å². The van der Waals surface area contributed by atoms with Gasteiger partial charge in [0.05, 0.1) is 29.5 Å². The van der Waals surface area contributed by atoms with Crippen molar-refractivity contribution in [1.82, 2.24) is 0 Å². The molecule has 0 aromatic heterocycles. The SMILES string of the molecule is COc1ccc(COC(=O)N(N=C[N+]2(C(=O)OCc3ccc([N+](=O)[O-])cc3)CC[C@H](S)C2)c2ccccc2)cc1. The number of hydrogen-bond acceptors (Lipinski definition) is 9. The molecule has 208 valence electrons. The van der Waals surface area contributed by atoms with Crippen LogP contribution in [-0.2, 0) is 22.7 Å². The number of hydrogen-bond donors (Lipinski definition) is 1. The molecule has 1 heterocycles. The normalized spacial score (nSPS) is 18.3. The molecule has 1 fully saturated rings. The van der Waals surface area contributed by atoms with Crippen LogP contribution in [0.2, 0.25) is 0 Å². The van der Waals surface area contributed by atoms with Crippen LogP contribution >= 0.6 is 12.6 Å². The highest BCUT2D eigenvalue weighted by Gasteiger charge is 2.45. The second-order valence-electron chi connectivity index (χ2n) is 9.14. The lowest BCUT2D eigenvalue weighted by Crippen LogP contribution is -2.51. The van der Waals surface area contributed by atoms with Crippen LogP contribution in [0.5, 0.6) is 5.75 Å². The molecule has 1 aliphatic heterocycles. The molecule has 3 aromatic rings. The van der Waals surface area contributed by atoms with Crippen molar-refractivity contribution in [1.29, 1.82) is 0 Å². The molecule has 11 nitrogen and oxygen atoms in total. The highest BCUT2D eigenvalue weighted by molar-refractivity contribution is 7.81. The first-order valence-corrected chi connectivity index (χ1v) is 13.0. The molecule has 1 aliphatic rings. The average molecular weight is 566 g/mol. The number of likely N-dealkylation sites (tertiary alicyclic amines) is 1. The molecule has 12 heteroatoms. The monoisotopic (exact) mass is 565 g/mol. The van der Waals surface area contributed by atoms with Crippen LogP contribution in [0.15, 0.2) is 84.0 Å². The molecule has 2 amide bonds. The third-order valence-electron chi connectivity index (χ3n) is 6.35. The number of anilines is 1. The van der Waals surface area contributed by atoms with E-state index < -0.39 is 17.1 Å². The Morgan fingerprint density at radius 2 is 1.65 bits per heavy atom. The Balaban J connectivity index is 1.50. The highest BCUT2D eigenvalue weighted by Crippen LogP contribution is 2.25. The molecule has 0 saturated carbocycles. The number of nitrogens with zero attached hydrogens (tertiary/aromatic N) is 4. The first-order chi connectivity index (χ1) is 19.3. The van der Waals surface area contributed by atoms with Crippen molar-refractivity contribution in [3.05, 3.63) is 100 Å². The summed E-state index contributed by atoms with van der Waals surface area (Å²) in [6.45, 7) is 0.626. The second-order valence-corrected chi connectivity index (χ2v) is 9.87. The van der Waals surface area contributed by atoms with Crippen LogP contribution in [0.4, 0.5) is 21.0 Å². The van der Waals surface area contributed by atoms with Gasteiger partial charge in [-0.2, -0.15) is 26.9 Å². The molecule has 40 heavy (non-hydrogen) atoms. The molecule has 1 saturated heterocycles. The molecule has 0 N–H and O–H groups in total. The van der Waals surface area contributed by atoms with Gasteiger partial charge >= 0.3 is 12.2 Å². The Bertz CT molecular complexity index is 1350. The van der Waals surface area contributed by atoms with E-state index in [0.29, 0.717) is 36.5 Å². The fourth-order valence-electron chi connectivity index (χ4n) is 4.11. The largest absolute Gasteiger partial charge is 0.522 e. The number of rotatable bonds is 9. The van der Waals surface area contributed by atoms with Crippen molar-refractivity contribution in [3.63, 3.8) is 0 Å². The van der Waals surface area contributed by atoms with E-state index in [-0.39, 0.29) is 28.6 Å². The van der Waals surface area contributed by atoms with Gasteiger partial charge in [-0.05, 0) is 47.5 Å². The van der Waals surface area contributed by atoms with Crippen molar-refractivity contribution in [3.8, 4) is 5.75 Å². The van der Waals surface area contributed by atoms with Gasteiger partial charge in [0.15, 0.2) is 0 Å². The van der Waals surface area contributed by atoms with Gasteiger partial charge in [0.25, 0.3) is 5.69 Å². The summed E-state index contributed by atoms with van der Waals surface area (Å²) in [5, 5.41) is 16.3. The molecular weight excluding hydrogens is 536 g/mol. The molecule has 0 aliphatic carbocycles. The van der Waals surface area contributed by atoms with Crippen molar-refractivity contribution in [2.45, 2.75) is 24.9 Å². The predicted octanol–water partition coefficient (Wildman–Crippen LogP) is 5.55. The minimum absolute atomic E-state index is 0.0116. The lowest BCUT2D eigenvalue weighted by atomic mass is 10.2. The van der Waals surface area contributed by atoms with Gasteiger partial charge in [0.1, 0.15) is 25.5 Å². The summed E-state index contributed by atoms with van der Waals surface area (Å²) in [7, 11) is 1.57. The van der Waals surface area contributed by atoms with Crippen LogP contribution in [0, 0.1) is 10.1 Å². The molecule has 2 atom stereocenters. The number of benzene rings is 3. The number of non-ortho nitro benzene ring substituents is 1. The van der Waals surface area contributed by atoms with Crippen molar-refractivity contribution in [2.75, 3.05) is 25.2 Å². The fraction of sp³-hybridized carbons (Fsp3) is 0.250. The first kappa shape index (κ1) is 28.6. The van der Waals surface area contributed by atoms with E-state index in [4.69, 9.17) is 14.2 Å². The number of carbonyl (C=O) groups is 2. The van der Waals surface area contributed by atoms with Gasteiger partial charge in [0.2, 0.25) is 6.34 Å². The topological polar surface area (TPSA) is 121 Å². The van der Waals surface area contributed by atoms with Crippen molar-refractivity contribution in [2.24, 2.45) is 5.10 Å². The van der Waals surface area contributed by atoms with Gasteiger partial charge in [0, 0.05) is 18.6 Å². The quantitative estimate of drug-likeness (QED) is 0.0902. The summed E-state index contributed by atoms with van der Waals surface area (Å²) < 4.78 is 16.0. The molecule has 4 rings (SSSR count). The van der Waals surface area contributed by atoms with Crippen LogP contribution in [0.1, 0.15) is 17.5 Å². The summed E-state index contributed by atoms with van der Waals surface area (Å²) in [5.74, 6) is 0.688. The zero-order valence-electron chi connectivity index (χ0n) is 21.8. The Hall–Kier alpha value is -4.42. The number of quaternary nitrogens is 1. The summed E-state index contributed by atoms with van der Waals surface area (Å²) in [6.07, 6.45) is 0.723. The minimum atomic E-state index is -0.725. The smallest absolute Gasteiger partial charge is 0.497 e. The molecule has 0 spiro atoms.